The smallest absolute Gasteiger partial charge is 0.0810 e. The first-order chi connectivity index (χ1) is 10.8. The lowest BCUT2D eigenvalue weighted by Gasteiger charge is -2.09. The van der Waals surface area contributed by atoms with Gasteiger partial charge in [-0.25, -0.2) is 0 Å². The first-order valence-electron chi connectivity index (χ1n) is 9.14. The van der Waals surface area contributed by atoms with Gasteiger partial charge in [0.2, 0.25) is 0 Å². The van der Waals surface area contributed by atoms with Gasteiger partial charge < -0.3 is 4.74 Å². The third kappa shape index (κ3) is 6.36. The van der Waals surface area contributed by atoms with E-state index in [1.807, 2.05) is 0 Å². The third-order valence-electron chi connectivity index (χ3n) is 4.71. The molecule has 1 aliphatic rings. The molecule has 1 fully saturated rings. The number of hydrogen-bond donors (Lipinski definition) is 0. The minimum Gasteiger partial charge on any atom is -0.373 e. The monoisotopic (exact) mass is 300 g/mol. The lowest BCUT2D eigenvalue weighted by atomic mass is 9.97. The number of allylic oxidation sites excluding steroid dienone is 1. The second-order valence-electron chi connectivity index (χ2n) is 6.60. The highest BCUT2D eigenvalue weighted by molar-refractivity contribution is 5.55. The van der Waals surface area contributed by atoms with Crippen molar-refractivity contribution in [2.45, 2.75) is 77.7 Å². The van der Waals surface area contributed by atoms with Gasteiger partial charge in [0.15, 0.2) is 0 Å². The normalized spacial score (nSPS) is 17.3. The second kappa shape index (κ2) is 9.84. The van der Waals surface area contributed by atoms with Crippen molar-refractivity contribution in [2.24, 2.45) is 0 Å². The Bertz CT molecular complexity index is 457. The van der Waals surface area contributed by atoms with E-state index >= 15 is 0 Å². The zero-order valence-electron chi connectivity index (χ0n) is 14.4. The maximum absolute atomic E-state index is 5.24. The summed E-state index contributed by atoms with van der Waals surface area (Å²) in [6.45, 7) is 5.37. The zero-order chi connectivity index (χ0) is 15.6. The van der Waals surface area contributed by atoms with Crippen LogP contribution in [-0.4, -0.2) is 12.7 Å². The molecule has 0 N–H and O–H groups in total. The van der Waals surface area contributed by atoms with Crippen LogP contribution in [0.15, 0.2) is 24.3 Å². The summed E-state index contributed by atoms with van der Waals surface area (Å²) in [5.41, 5.74) is 4.36. The van der Waals surface area contributed by atoms with Crippen LogP contribution in [0.25, 0.3) is 6.08 Å². The molecule has 0 aliphatic carbocycles. The molecule has 0 aromatic heterocycles. The highest BCUT2D eigenvalue weighted by Gasteiger charge is 2.20. The van der Waals surface area contributed by atoms with Crippen molar-refractivity contribution in [2.75, 3.05) is 6.61 Å². The van der Waals surface area contributed by atoms with Crippen LogP contribution in [0, 0.1) is 6.92 Å². The summed E-state index contributed by atoms with van der Waals surface area (Å²) in [6, 6.07) is 6.70. The maximum Gasteiger partial charge on any atom is 0.0810 e. The van der Waals surface area contributed by atoms with Crippen LogP contribution in [0.3, 0.4) is 0 Å². The Balaban J connectivity index is 1.53. The van der Waals surface area contributed by atoms with E-state index < -0.39 is 0 Å². The second-order valence-corrected chi connectivity index (χ2v) is 6.60. The largest absolute Gasteiger partial charge is 0.373 e. The number of hydrogen-bond acceptors (Lipinski definition) is 1. The molecule has 1 heterocycles. The van der Waals surface area contributed by atoms with Gasteiger partial charge in [0.1, 0.15) is 0 Å². The Hall–Kier alpha value is -1.08. The first-order valence-corrected chi connectivity index (χ1v) is 9.14. The summed E-state index contributed by atoms with van der Waals surface area (Å²) in [4.78, 5) is 0. The molecule has 0 spiro atoms. The minimum absolute atomic E-state index is 0.626. The molecule has 1 saturated heterocycles. The summed E-state index contributed by atoms with van der Waals surface area (Å²) in [6.07, 6.45) is 17.2. The van der Waals surface area contributed by atoms with Gasteiger partial charge in [-0.05, 0) is 49.8 Å². The Morgan fingerprint density at radius 2 is 1.73 bits per heavy atom. The van der Waals surface area contributed by atoms with Crippen molar-refractivity contribution in [1.82, 2.24) is 0 Å². The van der Waals surface area contributed by atoms with E-state index in [0.29, 0.717) is 6.10 Å². The summed E-state index contributed by atoms with van der Waals surface area (Å²) >= 11 is 0. The maximum atomic E-state index is 5.24. The molecule has 0 bridgehead atoms. The molecule has 1 aromatic carbocycles. The molecule has 1 atom stereocenters. The molecule has 0 saturated carbocycles. The van der Waals surface area contributed by atoms with Gasteiger partial charge in [-0.3, -0.25) is 0 Å². The molecule has 122 valence electrons. The number of unbranched alkanes of at least 4 members (excludes halogenated alkanes) is 6. The fourth-order valence-electron chi connectivity index (χ4n) is 3.14. The molecule has 1 heteroatoms. The molecule has 1 nitrogen and oxygen atoms in total. The first kappa shape index (κ1) is 17.3. The summed E-state index contributed by atoms with van der Waals surface area (Å²) in [5.74, 6) is 0. The van der Waals surface area contributed by atoms with Crippen molar-refractivity contribution >= 4 is 6.08 Å². The van der Waals surface area contributed by atoms with Crippen LogP contribution < -0.4 is 0 Å². The highest BCUT2D eigenvalue weighted by atomic mass is 16.6. The molecule has 22 heavy (non-hydrogen) atoms. The molecule has 2 rings (SSSR count). The number of benzene rings is 1. The van der Waals surface area contributed by atoms with Crippen LogP contribution in [0.5, 0.6) is 0 Å². The minimum atomic E-state index is 0.626. The number of epoxide rings is 1. The number of rotatable bonds is 11. The third-order valence-corrected chi connectivity index (χ3v) is 4.71. The predicted molar refractivity (Wildman–Crippen MR) is 96.3 cm³/mol. The lowest BCUT2D eigenvalue weighted by molar-refractivity contribution is 0.387. The fourth-order valence-corrected chi connectivity index (χ4v) is 3.14. The van der Waals surface area contributed by atoms with Crippen LogP contribution in [-0.2, 0) is 11.2 Å². The Labute approximate surface area is 136 Å². The van der Waals surface area contributed by atoms with Gasteiger partial charge in [-0.1, -0.05) is 68.9 Å². The SMILES string of the molecule is C/C=C/c1cccc(CCCCCCCCCC2CO2)c1C. The van der Waals surface area contributed by atoms with Crippen molar-refractivity contribution in [3.05, 3.63) is 41.0 Å². The van der Waals surface area contributed by atoms with Gasteiger partial charge in [0, 0.05) is 0 Å². The molecule has 1 unspecified atom stereocenters. The van der Waals surface area contributed by atoms with E-state index in [4.69, 9.17) is 4.74 Å². The molecule has 0 amide bonds. The Kier molecular flexibility index (Phi) is 7.73. The van der Waals surface area contributed by atoms with E-state index in [9.17, 15) is 0 Å². The van der Waals surface area contributed by atoms with Gasteiger partial charge >= 0.3 is 0 Å². The van der Waals surface area contributed by atoms with Crippen molar-refractivity contribution in [3.63, 3.8) is 0 Å². The standard InChI is InChI=1S/C21H32O/c1-3-12-19-14-11-15-20(18(19)2)13-9-7-5-4-6-8-10-16-21-17-22-21/h3,11-12,14-15,21H,4-10,13,16-17H2,1-2H3/b12-3+. The van der Waals surface area contributed by atoms with Crippen molar-refractivity contribution in [1.29, 1.82) is 0 Å². The zero-order valence-corrected chi connectivity index (χ0v) is 14.4. The number of ether oxygens (including phenoxy) is 1. The van der Waals surface area contributed by atoms with E-state index in [0.717, 1.165) is 6.61 Å². The fraction of sp³-hybridized carbons (Fsp3) is 0.619. The van der Waals surface area contributed by atoms with Crippen molar-refractivity contribution in [3.8, 4) is 0 Å². The Morgan fingerprint density at radius 1 is 1.05 bits per heavy atom. The number of aryl methyl sites for hydroxylation is 1. The van der Waals surface area contributed by atoms with E-state index in [-0.39, 0.29) is 0 Å². The van der Waals surface area contributed by atoms with Crippen LogP contribution in [0.2, 0.25) is 0 Å². The Morgan fingerprint density at radius 3 is 2.41 bits per heavy atom. The van der Waals surface area contributed by atoms with Crippen LogP contribution >= 0.6 is 0 Å². The summed E-state index contributed by atoms with van der Waals surface area (Å²) < 4.78 is 5.24. The quantitative estimate of drug-likeness (QED) is 0.356. The van der Waals surface area contributed by atoms with Gasteiger partial charge in [-0.2, -0.15) is 0 Å². The van der Waals surface area contributed by atoms with E-state index in [2.05, 4.69) is 44.2 Å². The highest BCUT2D eigenvalue weighted by Crippen LogP contribution is 2.20. The molecule has 0 radical (unpaired) electrons. The van der Waals surface area contributed by atoms with E-state index in [1.165, 1.54) is 74.5 Å². The van der Waals surface area contributed by atoms with Crippen LogP contribution in [0.1, 0.15) is 75.0 Å². The molecular formula is C21H32O. The summed E-state index contributed by atoms with van der Waals surface area (Å²) in [5, 5.41) is 0. The molecule has 1 aliphatic heterocycles. The van der Waals surface area contributed by atoms with Crippen LogP contribution in [0.4, 0.5) is 0 Å². The molecule has 1 aromatic rings. The average Bonchev–Trinajstić information content (AvgIpc) is 3.33. The lowest BCUT2D eigenvalue weighted by Crippen LogP contribution is -1.93. The van der Waals surface area contributed by atoms with Crippen molar-refractivity contribution < 1.29 is 4.74 Å². The van der Waals surface area contributed by atoms with E-state index in [1.54, 1.807) is 0 Å². The molecular weight excluding hydrogens is 268 g/mol. The van der Waals surface area contributed by atoms with Gasteiger partial charge in [-0.15, -0.1) is 0 Å². The van der Waals surface area contributed by atoms with Gasteiger partial charge in [0.05, 0.1) is 12.7 Å². The average molecular weight is 300 g/mol. The predicted octanol–water partition coefficient (Wildman–Crippen LogP) is 6.09. The van der Waals surface area contributed by atoms with Gasteiger partial charge in [0.25, 0.3) is 0 Å². The summed E-state index contributed by atoms with van der Waals surface area (Å²) in [7, 11) is 0. The topological polar surface area (TPSA) is 12.5 Å².